The quantitative estimate of drug-likeness (QED) is 0.353. The van der Waals surface area contributed by atoms with Crippen LogP contribution in [0.5, 0.6) is 0 Å². The first-order valence-corrected chi connectivity index (χ1v) is 13.1. The maximum atomic E-state index is 13.2. The molecule has 2 N–H and O–H groups in total. The second-order valence-corrected chi connectivity index (χ2v) is 9.75. The van der Waals surface area contributed by atoms with E-state index in [1.54, 1.807) is 24.3 Å². The fourth-order valence-electron chi connectivity index (χ4n) is 3.54. The molecule has 0 spiro atoms. The second kappa shape index (κ2) is 14.5. The van der Waals surface area contributed by atoms with Gasteiger partial charge >= 0.3 is 12.1 Å². The number of alkyl carbamates (subject to hydrolysis) is 1. The van der Waals surface area contributed by atoms with Crippen LogP contribution >= 0.6 is 0 Å². The second-order valence-electron chi connectivity index (χ2n) is 8.18. The summed E-state index contributed by atoms with van der Waals surface area (Å²) in [5, 5.41) is 5.26. The minimum absolute atomic E-state index is 0.0441. The number of hydrogen-bond acceptors (Lipinski definition) is 6. The van der Waals surface area contributed by atoms with Gasteiger partial charge in [0.1, 0.15) is 18.7 Å². The van der Waals surface area contributed by atoms with Crippen molar-refractivity contribution >= 4 is 28.8 Å². The summed E-state index contributed by atoms with van der Waals surface area (Å²) in [5.74, 6) is -1.11. The molecular formula is C28H30N2O6S. The van der Waals surface area contributed by atoms with Crippen molar-refractivity contribution in [2.45, 2.75) is 36.4 Å². The number of carbonyl (C=O) groups is 3. The molecule has 37 heavy (non-hydrogen) atoms. The summed E-state index contributed by atoms with van der Waals surface area (Å²) in [6.45, 7) is 0.0441. The fourth-order valence-corrected chi connectivity index (χ4v) is 4.69. The zero-order chi connectivity index (χ0) is 26.5. The van der Waals surface area contributed by atoms with Gasteiger partial charge in [-0.3, -0.25) is 9.00 Å². The lowest BCUT2D eigenvalue weighted by Crippen LogP contribution is -2.53. The van der Waals surface area contributed by atoms with Gasteiger partial charge in [0.05, 0.1) is 17.9 Å². The van der Waals surface area contributed by atoms with Crippen LogP contribution in [0.3, 0.4) is 0 Å². The van der Waals surface area contributed by atoms with Crippen LogP contribution in [0, 0.1) is 0 Å². The number of amides is 2. The topological polar surface area (TPSA) is 111 Å². The molecule has 0 bridgehead atoms. The Morgan fingerprint density at radius 1 is 0.784 bits per heavy atom. The van der Waals surface area contributed by atoms with E-state index in [-0.39, 0.29) is 25.2 Å². The van der Waals surface area contributed by atoms with E-state index in [9.17, 15) is 18.6 Å². The van der Waals surface area contributed by atoms with E-state index in [2.05, 4.69) is 10.6 Å². The molecule has 0 aromatic heterocycles. The molecule has 0 aliphatic heterocycles. The molecule has 3 aromatic carbocycles. The summed E-state index contributed by atoms with van der Waals surface area (Å²) < 4.78 is 22.8. The maximum Gasteiger partial charge on any atom is 0.408 e. The molecule has 194 valence electrons. The molecule has 0 radical (unpaired) electrons. The predicted molar refractivity (Wildman–Crippen MR) is 140 cm³/mol. The van der Waals surface area contributed by atoms with E-state index in [0.717, 1.165) is 11.1 Å². The predicted octanol–water partition coefficient (Wildman–Crippen LogP) is 3.38. The molecule has 0 fully saturated rings. The van der Waals surface area contributed by atoms with E-state index < -0.39 is 40.9 Å². The SMILES string of the molecule is COC(=O)[C@@H](CC[S@](=O)c1ccccc1)NC(=O)[C@@H](Cc1ccccc1)NC(=O)OCc1ccccc1. The lowest BCUT2D eigenvalue weighted by atomic mass is 10.0. The first kappa shape index (κ1) is 27.6. The van der Waals surface area contributed by atoms with E-state index in [4.69, 9.17) is 9.47 Å². The highest BCUT2D eigenvalue weighted by Crippen LogP contribution is 2.10. The standard InChI is InChI=1S/C28H30N2O6S/c1-35-27(32)24(17-18-37(34)23-15-9-4-10-16-23)29-26(31)25(19-21-11-5-2-6-12-21)30-28(33)36-20-22-13-7-3-8-14-22/h2-16,24-25H,17-20H2,1H3,(H,29,31)(H,30,33)/t24-,25-,37+/m1/s1. The van der Waals surface area contributed by atoms with Crippen molar-refractivity contribution in [3.8, 4) is 0 Å². The maximum absolute atomic E-state index is 13.2. The molecule has 3 rings (SSSR count). The number of rotatable bonds is 12. The van der Waals surface area contributed by atoms with Crippen LogP contribution in [-0.4, -0.2) is 47.1 Å². The number of ether oxygens (including phenoxy) is 2. The van der Waals surface area contributed by atoms with E-state index in [1.165, 1.54) is 7.11 Å². The van der Waals surface area contributed by atoms with Gasteiger partial charge in [0.15, 0.2) is 0 Å². The van der Waals surface area contributed by atoms with Crippen molar-refractivity contribution in [1.29, 1.82) is 0 Å². The Labute approximate surface area is 218 Å². The average molecular weight is 523 g/mol. The van der Waals surface area contributed by atoms with Gasteiger partial charge < -0.3 is 20.1 Å². The Kier molecular flexibility index (Phi) is 10.9. The highest BCUT2D eigenvalue weighted by Gasteiger charge is 2.28. The third-order valence-electron chi connectivity index (χ3n) is 5.50. The number of nitrogens with one attached hydrogen (secondary N) is 2. The average Bonchev–Trinajstić information content (AvgIpc) is 2.94. The van der Waals surface area contributed by atoms with Crippen LogP contribution in [0.4, 0.5) is 4.79 Å². The van der Waals surface area contributed by atoms with Crippen molar-refractivity contribution in [3.63, 3.8) is 0 Å². The molecule has 3 atom stereocenters. The van der Waals surface area contributed by atoms with Crippen LogP contribution < -0.4 is 10.6 Å². The molecule has 2 amide bonds. The van der Waals surface area contributed by atoms with Crippen molar-refractivity contribution in [2.75, 3.05) is 12.9 Å². The Morgan fingerprint density at radius 2 is 1.35 bits per heavy atom. The zero-order valence-corrected chi connectivity index (χ0v) is 21.3. The monoisotopic (exact) mass is 522 g/mol. The van der Waals surface area contributed by atoms with Gasteiger partial charge in [-0.1, -0.05) is 78.9 Å². The summed E-state index contributed by atoms with van der Waals surface area (Å²) in [6, 6.07) is 25.1. The Bertz CT molecular complexity index is 1180. The normalized spacial score (nSPS) is 13.0. The number of methoxy groups -OCH3 is 1. The first-order chi connectivity index (χ1) is 18.0. The summed E-state index contributed by atoms with van der Waals surface area (Å²) >= 11 is 0. The number of carbonyl (C=O) groups excluding carboxylic acids is 3. The van der Waals surface area contributed by atoms with Crippen molar-refractivity contribution in [1.82, 2.24) is 10.6 Å². The fraction of sp³-hybridized carbons (Fsp3) is 0.250. The summed E-state index contributed by atoms with van der Waals surface area (Å²) in [6.07, 6.45) is -0.493. The van der Waals surface area contributed by atoms with Crippen molar-refractivity contribution in [3.05, 3.63) is 102 Å². The lowest BCUT2D eigenvalue weighted by molar-refractivity contribution is -0.145. The molecule has 9 heteroatoms. The first-order valence-electron chi connectivity index (χ1n) is 11.8. The van der Waals surface area contributed by atoms with Gasteiger partial charge in [-0.05, 0) is 29.7 Å². The summed E-state index contributed by atoms with van der Waals surface area (Å²) in [7, 11) is -0.140. The molecule has 0 saturated carbocycles. The molecule has 0 unspecified atom stereocenters. The third-order valence-corrected chi connectivity index (χ3v) is 6.91. The van der Waals surface area contributed by atoms with Gasteiger partial charge in [0, 0.05) is 17.1 Å². The van der Waals surface area contributed by atoms with E-state index in [1.807, 2.05) is 66.7 Å². The molecule has 3 aromatic rings. The van der Waals surface area contributed by atoms with E-state index in [0.29, 0.717) is 4.90 Å². The molecule has 0 heterocycles. The van der Waals surface area contributed by atoms with Crippen LogP contribution in [-0.2, 0) is 42.9 Å². The number of esters is 1. The largest absolute Gasteiger partial charge is 0.467 e. The minimum atomic E-state index is -1.36. The Morgan fingerprint density at radius 3 is 1.95 bits per heavy atom. The highest BCUT2D eigenvalue weighted by molar-refractivity contribution is 7.85. The highest BCUT2D eigenvalue weighted by atomic mass is 32.2. The number of benzene rings is 3. The lowest BCUT2D eigenvalue weighted by Gasteiger charge is -2.22. The van der Waals surface area contributed by atoms with Crippen LogP contribution in [0.1, 0.15) is 17.5 Å². The van der Waals surface area contributed by atoms with Crippen LogP contribution in [0.15, 0.2) is 95.9 Å². The van der Waals surface area contributed by atoms with Crippen molar-refractivity contribution < 1.29 is 28.1 Å². The zero-order valence-electron chi connectivity index (χ0n) is 20.5. The van der Waals surface area contributed by atoms with Gasteiger partial charge in [-0.15, -0.1) is 0 Å². The van der Waals surface area contributed by atoms with Gasteiger partial charge in [-0.2, -0.15) is 0 Å². The molecule has 8 nitrogen and oxygen atoms in total. The smallest absolute Gasteiger partial charge is 0.408 e. The summed E-state index contributed by atoms with van der Waals surface area (Å²) in [4.78, 5) is 38.8. The molecule has 0 aliphatic carbocycles. The van der Waals surface area contributed by atoms with Gasteiger partial charge in [-0.25, -0.2) is 9.59 Å². The van der Waals surface area contributed by atoms with Crippen LogP contribution in [0.2, 0.25) is 0 Å². The number of hydrogen-bond donors (Lipinski definition) is 2. The molecule has 0 aliphatic rings. The Hall–Kier alpha value is -3.98. The third kappa shape index (κ3) is 9.20. The molecular weight excluding hydrogens is 492 g/mol. The van der Waals surface area contributed by atoms with E-state index >= 15 is 0 Å². The minimum Gasteiger partial charge on any atom is -0.467 e. The van der Waals surface area contributed by atoms with Gasteiger partial charge in [0.2, 0.25) is 5.91 Å². The van der Waals surface area contributed by atoms with Crippen LogP contribution in [0.25, 0.3) is 0 Å². The Balaban J connectivity index is 1.67. The summed E-state index contributed by atoms with van der Waals surface area (Å²) in [5.41, 5.74) is 1.62. The van der Waals surface area contributed by atoms with Gasteiger partial charge in [0.25, 0.3) is 0 Å². The van der Waals surface area contributed by atoms with Crippen molar-refractivity contribution in [2.24, 2.45) is 0 Å². The molecule has 0 saturated heterocycles.